The number of rotatable bonds is 19. The van der Waals surface area contributed by atoms with Crippen molar-refractivity contribution in [2.75, 3.05) is 37.7 Å². The van der Waals surface area contributed by atoms with Crippen LogP contribution in [0.5, 0.6) is 5.75 Å². The van der Waals surface area contributed by atoms with Crippen molar-refractivity contribution in [3.8, 4) is 39.6 Å². The second kappa shape index (κ2) is 24.1. The van der Waals surface area contributed by atoms with Crippen LogP contribution in [0, 0.1) is 22.7 Å². The van der Waals surface area contributed by atoms with Crippen molar-refractivity contribution in [3.05, 3.63) is 75.8 Å². The first-order valence-corrected chi connectivity index (χ1v) is 24.2. The third-order valence-corrected chi connectivity index (χ3v) is 12.0. The maximum absolute atomic E-state index is 13.3. The molecule has 0 spiro atoms. The van der Waals surface area contributed by atoms with E-state index in [0.717, 1.165) is 42.2 Å². The Kier molecular flexibility index (Phi) is 18.7. The molecule has 67 heavy (non-hydrogen) atoms. The van der Waals surface area contributed by atoms with E-state index in [1.165, 1.54) is 30.0 Å². The van der Waals surface area contributed by atoms with Crippen LogP contribution in [-0.4, -0.2) is 90.2 Å². The molecule has 3 amide bonds. The summed E-state index contributed by atoms with van der Waals surface area (Å²) >= 11 is 9.00. The SMILES string of the molecule is C[C@H](NC(=O)[C@H](CCCCNC(=O)OC(C)(C)C)NC(=O)OC(C)(C)C)C(=O)OCCOc1ccc(-c2c(C#N)c(SCc3csc(-c4ccc(Cl)cc4)n3)nc(N3CCCC3)c2C#N)cc1. The van der Waals surface area contributed by atoms with Gasteiger partial charge in [-0.15, -0.1) is 11.3 Å². The summed E-state index contributed by atoms with van der Waals surface area (Å²) in [6.45, 7) is 13.5. The average molecular weight is 974 g/mol. The summed E-state index contributed by atoms with van der Waals surface area (Å²) in [6, 6.07) is 17.0. The number of aromatic nitrogens is 2. The van der Waals surface area contributed by atoms with Gasteiger partial charge in [-0.3, -0.25) is 4.79 Å². The van der Waals surface area contributed by atoms with Gasteiger partial charge in [0.2, 0.25) is 5.91 Å². The molecule has 1 saturated heterocycles. The molecular weight excluding hydrogens is 916 g/mol. The molecule has 1 aliphatic rings. The third-order valence-electron chi connectivity index (χ3n) is 9.82. The van der Waals surface area contributed by atoms with Gasteiger partial charge in [0.15, 0.2) is 0 Å². The molecular formula is C48H57ClN8O8S2. The Balaban J connectivity index is 1.18. The predicted octanol–water partition coefficient (Wildman–Crippen LogP) is 9.18. The number of thiazole rings is 1. The van der Waals surface area contributed by atoms with Gasteiger partial charge in [-0.05, 0) is 110 Å². The van der Waals surface area contributed by atoms with Crippen molar-refractivity contribution in [2.45, 2.75) is 115 Å². The van der Waals surface area contributed by atoms with Gasteiger partial charge >= 0.3 is 18.2 Å². The quantitative estimate of drug-likeness (QED) is 0.0346. The third kappa shape index (κ3) is 16.0. The normalized spacial score (nSPS) is 13.4. The maximum Gasteiger partial charge on any atom is 0.408 e. The summed E-state index contributed by atoms with van der Waals surface area (Å²) in [5.41, 5.74) is 2.08. The lowest BCUT2D eigenvalue weighted by atomic mass is 9.96. The number of nitrogens with one attached hydrogen (secondary N) is 3. The number of hydrogen-bond acceptors (Lipinski definition) is 15. The molecule has 3 N–H and O–H groups in total. The second-order valence-electron chi connectivity index (χ2n) is 17.6. The fourth-order valence-electron chi connectivity index (χ4n) is 6.77. The lowest BCUT2D eigenvalue weighted by Gasteiger charge is -2.24. The van der Waals surface area contributed by atoms with Crippen molar-refractivity contribution in [1.82, 2.24) is 25.9 Å². The van der Waals surface area contributed by atoms with Gasteiger partial charge in [-0.1, -0.05) is 47.6 Å². The van der Waals surface area contributed by atoms with Crippen LogP contribution >= 0.6 is 34.7 Å². The van der Waals surface area contributed by atoms with Crippen molar-refractivity contribution in [2.24, 2.45) is 0 Å². The molecule has 0 bridgehead atoms. The van der Waals surface area contributed by atoms with Gasteiger partial charge in [-0.25, -0.2) is 24.4 Å². The number of halogens is 1. The zero-order valence-electron chi connectivity index (χ0n) is 38.8. The highest BCUT2D eigenvalue weighted by molar-refractivity contribution is 7.98. The fraction of sp³-hybridized carbons (Fsp3) is 0.458. The number of anilines is 1. The van der Waals surface area contributed by atoms with E-state index in [2.05, 4.69) is 33.0 Å². The molecule has 19 heteroatoms. The minimum absolute atomic E-state index is 0.00962. The van der Waals surface area contributed by atoms with Gasteiger partial charge in [0.25, 0.3) is 0 Å². The highest BCUT2D eigenvalue weighted by Gasteiger charge is 2.29. The highest BCUT2D eigenvalue weighted by atomic mass is 35.5. The number of pyridine rings is 1. The van der Waals surface area contributed by atoms with Crippen LogP contribution in [-0.2, 0) is 29.6 Å². The second-order valence-corrected chi connectivity index (χ2v) is 19.9. The molecule has 16 nitrogen and oxygen atoms in total. The highest BCUT2D eigenvalue weighted by Crippen LogP contribution is 2.40. The minimum atomic E-state index is -1.06. The number of benzene rings is 2. The van der Waals surface area contributed by atoms with Crippen molar-refractivity contribution in [1.29, 1.82) is 10.5 Å². The summed E-state index contributed by atoms with van der Waals surface area (Å²) in [6.07, 6.45) is 1.74. The Morgan fingerprint density at radius 1 is 0.851 bits per heavy atom. The first-order valence-electron chi connectivity index (χ1n) is 22.0. The summed E-state index contributed by atoms with van der Waals surface area (Å²) < 4.78 is 21.9. The number of hydrogen-bond donors (Lipinski definition) is 3. The largest absolute Gasteiger partial charge is 0.490 e. The van der Waals surface area contributed by atoms with Gasteiger partial charge in [0.05, 0.1) is 11.3 Å². The van der Waals surface area contributed by atoms with Crippen molar-refractivity contribution >= 4 is 64.6 Å². The standard InChI is InChI=1S/C48H57ClN8O8S2/c1-30(53-41(58)38(55-46(61)65-48(5,6)7)12-8-9-21-52-45(60)64-47(2,3)4)44(59)63-25-24-62-35-19-15-31(16-20-35)39-36(26-50)40(57-22-10-11-23-57)56-43(37(39)27-51)67-29-34-28-66-42(54-34)32-13-17-33(49)18-14-32/h13-20,28,30,38H,8-12,21-25,29H2,1-7H3,(H,52,60)(H,53,58)(H,55,61)/t30-,38-/m0/s1. The summed E-state index contributed by atoms with van der Waals surface area (Å²) in [4.78, 5) is 62.6. The van der Waals surface area contributed by atoms with Crippen LogP contribution in [0.4, 0.5) is 15.4 Å². The lowest BCUT2D eigenvalue weighted by Crippen LogP contribution is -2.52. The van der Waals surface area contributed by atoms with Gasteiger partial charge in [-0.2, -0.15) is 10.5 Å². The average Bonchev–Trinajstić information content (AvgIpc) is 3.99. The molecule has 0 unspecified atom stereocenters. The van der Waals surface area contributed by atoms with E-state index in [1.807, 2.05) is 29.6 Å². The Morgan fingerprint density at radius 3 is 2.13 bits per heavy atom. The predicted molar refractivity (Wildman–Crippen MR) is 258 cm³/mol. The smallest absolute Gasteiger partial charge is 0.408 e. The first kappa shape index (κ1) is 51.9. The number of nitriles is 2. The lowest BCUT2D eigenvalue weighted by molar-refractivity contribution is -0.148. The number of carbonyl (C=O) groups is 4. The van der Waals surface area contributed by atoms with Crippen LogP contribution in [0.2, 0.25) is 5.02 Å². The zero-order chi connectivity index (χ0) is 48.7. The molecule has 0 saturated carbocycles. The van der Waals surface area contributed by atoms with Crippen LogP contribution < -0.4 is 25.6 Å². The maximum atomic E-state index is 13.3. The number of nitrogens with zero attached hydrogens (tertiary/aromatic N) is 5. The molecule has 3 heterocycles. The van der Waals surface area contributed by atoms with E-state index in [4.69, 9.17) is 40.5 Å². The fourth-order valence-corrected chi connectivity index (χ4v) is 8.70. The summed E-state index contributed by atoms with van der Waals surface area (Å²) in [5.74, 6) is 0.141. The van der Waals surface area contributed by atoms with E-state index in [-0.39, 0.29) is 19.6 Å². The number of ether oxygens (including phenoxy) is 4. The molecule has 4 aromatic rings. The van der Waals surface area contributed by atoms with E-state index in [0.29, 0.717) is 69.0 Å². The molecule has 0 radical (unpaired) electrons. The van der Waals surface area contributed by atoms with Gasteiger partial charge < -0.3 is 39.8 Å². The molecule has 0 aliphatic carbocycles. The molecule has 1 fully saturated rings. The van der Waals surface area contributed by atoms with Crippen LogP contribution in [0.25, 0.3) is 21.7 Å². The number of esters is 1. The first-order chi connectivity index (χ1) is 31.8. The van der Waals surface area contributed by atoms with Crippen LogP contribution in [0.1, 0.15) is 97.4 Å². The molecule has 2 atom stereocenters. The molecule has 2 aromatic carbocycles. The molecule has 2 aromatic heterocycles. The molecule has 1 aliphatic heterocycles. The van der Waals surface area contributed by atoms with Crippen molar-refractivity contribution < 1.29 is 38.1 Å². The van der Waals surface area contributed by atoms with E-state index < -0.39 is 47.3 Å². The van der Waals surface area contributed by atoms with Crippen LogP contribution in [0.3, 0.4) is 0 Å². The van der Waals surface area contributed by atoms with E-state index >= 15 is 0 Å². The number of alkyl carbamates (subject to hydrolysis) is 2. The van der Waals surface area contributed by atoms with Crippen molar-refractivity contribution in [3.63, 3.8) is 0 Å². The monoisotopic (exact) mass is 972 g/mol. The Morgan fingerprint density at radius 2 is 1.49 bits per heavy atom. The zero-order valence-corrected chi connectivity index (χ0v) is 41.2. The number of thioether (sulfide) groups is 1. The molecule has 5 rings (SSSR count). The number of carbonyl (C=O) groups excluding carboxylic acids is 4. The minimum Gasteiger partial charge on any atom is -0.490 e. The van der Waals surface area contributed by atoms with Crippen LogP contribution in [0.15, 0.2) is 58.9 Å². The van der Waals surface area contributed by atoms with E-state index in [1.54, 1.807) is 65.8 Å². The topological polar surface area (TPSA) is 218 Å². The number of unbranched alkanes of at least 4 members (excludes halogenated alkanes) is 1. The summed E-state index contributed by atoms with van der Waals surface area (Å²) in [7, 11) is 0. The summed E-state index contributed by atoms with van der Waals surface area (Å²) in [5, 5.41) is 32.9. The number of amides is 3. The Bertz CT molecular complexity index is 2430. The Labute approximate surface area is 405 Å². The Hall–Kier alpha value is -6.08. The molecule has 356 valence electrons. The van der Waals surface area contributed by atoms with E-state index in [9.17, 15) is 29.7 Å². The van der Waals surface area contributed by atoms with Gasteiger partial charge in [0.1, 0.15) is 75.8 Å². The van der Waals surface area contributed by atoms with Gasteiger partial charge in [0, 0.05) is 46.9 Å².